The molecule has 0 aliphatic carbocycles. The molecule has 0 bridgehead atoms. The lowest BCUT2D eigenvalue weighted by atomic mass is 10.0. The molecule has 8 heteroatoms. The van der Waals surface area contributed by atoms with Crippen LogP contribution in [0, 0.1) is 5.82 Å². The number of amides is 1. The molecule has 3 aromatic rings. The third kappa shape index (κ3) is 5.55. The first-order chi connectivity index (χ1) is 15.2. The van der Waals surface area contributed by atoms with Gasteiger partial charge in [0.25, 0.3) is 0 Å². The topological polar surface area (TPSA) is 63.1 Å². The smallest absolute Gasteiger partial charge is 0.237 e. The van der Waals surface area contributed by atoms with Gasteiger partial charge < -0.3 is 5.32 Å². The predicted octanol–water partition coefficient (Wildman–Crippen LogP) is 5.27. The summed E-state index contributed by atoms with van der Waals surface area (Å²) >= 11 is 1.32. The summed E-state index contributed by atoms with van der Waals surface area (Å²) in [5.41, 5.74) is 2.73. The minimum atomic E-state index is -0.411. The van der Waals surface area contributed by atoms with Crippen molar-refractivity contribution in [2.45, 2.75) is 50.1 Å². The highest BCUT2D eigenvalue weighted by molar-refractivity contribution is 8.00. The minimum Gasteiger partial charge on any atom is -0.325 e. The average Bonchev–Trinajstić information content (AvgIpc) is 3.17. The number of nitrogens with zero attached hydrogens (tertiary/aromatic N) is 4. The van der Waals surface area contributed by atoms with E-state index in [0.29, 0.717) is 11.1 Å². The summed E-state index contributed by atoms with van der Waals surface area (Å²) in [6.45, 7) is 8.13. The first-order valence-corrected chi connectivity index (χ1v) is 11.5. The number of thioether (sulfide) groups is 1. The Morgan fingerprint density at radius 3 is 2.19 bits per heavy atom. The van der Waals surface area contributed by atoms with E-state index in [1.165, 1.54) is 29.5 Å². The maximum atomic E-state index is 13.5. The van der Waals surface area contributed by atoms with Crippen molar-refractivity contribution in [2.75, 3.05) is 19.4 Å². The zero-order chi connectivity index (χ0) is 23.4. The van der Waals surface area contributed by atoms with Crippen LogP contribution >= 0.6 is 11.8 Å². The third-order valence-electron chi connectivity index (χ3n) is 5.39. The van der Waals surface area contributed by atoms with Gasteiger partial charge in [0, 0.05) is 11.4 Å². The van der Waals surface area contributed by atoms with Crippen molar-refractivity contribution >= 4 is 23.4 Å². The highest BCUT2D eigenvalue weighted by Crippen LogP contribution is 2.30. The lowest BCUT2D eigenvalue weighted by Gasteiger charge is -2.21. The minimum absolute atomic E-state index is 0.0227. The molecule has 1 heterocycles. The molecule has 2 atom stereocenters. The van der Waals surface area contributed by atoms with E-state index in [9.17, 15) is 9.18 Å². The molecule has 1 N–H and O–H groups in total. The van der Waals surface area contributed by atoms with Gasteiger partial charge in [0.05, 0.1) is 11.3 Å². The van der Waals surface area contributed by atoms with E-state index in [4.69, 9.17) is 0 Å². The molecule has 0 aliphatic rings. The van der Waals surface area contributed by atoms with Crippen molar-refractivity contribution in [2.24, 2.45) is 0 Å². The van der Waals surface area contributed by atoms with E-state index in [2.05, 4.69) is 29.4 Å². The molecule has 6 nitrogen and oxygen atoms in total. The number of anilines is 1. The molecule has 0 saturated heterocycles. The summed E-state index contributed by atoms with van der Waals surface area (Å²) in [7, 11) is 3.92. The van der Waals surface area contributed by atoms with Gasteiger partial charge in [0.2, 0.25) is 5.91 Å². The van der Waals surface area contributed by atoms with E-state index in [1.54, 1.807) is 12.1 Å². The van der Waals surface area contributed by atoms with Crippen molar-refractivity contribution < 1.29 is 9.18 Å². The SMILES string of the molecule is CC(Sc1nnc(C(C)N(C)C)n1-c1ccc(F)cc1)C(=O)Nc1ccc(C(C)C)cc1. The summed E-state index contributed by atoms with van der Waals surface area (Å²) in [5, 5.41) is 11.9. The van der Waals surface area contributed by atoms with Gasteiger partial charge in [0.1, 0.15) is 5.82 Å². The van der Waals surface area contributed by atoms with Gasteiger partial charge in [-0.25, -0.2) is 4.39 Å². The second-order valence-electron chi connectivity index (χ2n) is 8.32. The average molecular weight is 456 g/mol. The molecule has 2 aromatic carbocycles. The Morgan fingerprint density at radius 2 is 1.62 bits per heavy atom. The lowest BCUT2D eigenvalue weighted by Crippen LogP contribution is -2.23. The van der Waals surface area contributed by atoms with Gasteiger partial charge in [0.15, 0.2) is 11.0 Å². The number of nitrogens with one attached hydrogen (secondary N) is 1. The van der Waals surface area contributed by atoms with Crippen LogP contribution in [0.5, 0.6) is 0 Å². The van der Waals surface area contributed by atoms with Crippen LogP contribution in [0.2, 0.25) is 0 Å². The van der Waals surface area contributed by atoms with E-state index < -0.39 is 5.25 Å². The Labute approximate surface area is 193 Å². The number of hydrogen-bond acceptors (Lipinski definition) is 5. The summed E-state index contributed by atoms with van der Waals surface area (Å²) < 4.78 is 15.4. The van der Waals surface area contributed by atoms with E-state index in [-0.39, 0.29) is 17.8 Å². The number of halogens is 1. The van der Waals surface area contributed by atoms with Crippen molar-refractivity contribution in [1.82, 2.24) is 19.7 Å². The largest absolute Gasteiger partial charge is 0.325 e. The summed E-state index contributed by atoms with van der Waals surface area (Å²) in [6.07, 6.45) is 0. The maximum Gasteiger partial charge on any atom is 0.237 e. The second kappa shape index (κ2) is 10.3. The normalized spacial score (nSPS) is 13.4. The molecule has 1 amide bonds. The number of aromatic nitrogens is 3. The lowest BCUT2D eigenvalue weighted by molar-refractivity contribution is -0.115. The number of hydrogen-bond donors (Lipinski definition) is 1. The third-order valence-corrected chi connectivity index (χ3v) is 6.43. The van der Waals surface area contributed by atoms with Crippen molar-refractivity contribution in [3.8, 4) is 5.69 Å². The molecular formula is C24H30FN5OS. The highest BCUT2D eigenvalue weighted by Gasteiger charge is 2.24. The molecule has 0 radical (unpaired) electrons. The zero-order valence-electron chi connectivity index (χ0n) is 19.3. The Morgan fingerprint density at radius 1 is 1.00 bits per heavy atom. The number of benzene rings is 2. The Kier molecular flexibility index (Phi) is 7.69. The molecule has 1 aromatic heterocycles. The summed E-state index contributed by atoms with van der Waals surface area (Å²) in [4.78, 5) is 14.9. The fraction of sp³-hybridized carbons (Fsp3) is 0.375. The van der Waals surface area contributed by atoms with Crippen molar-refractivity contribution in [3.63, 3.8) is 0 Å². The fourth-order valence-corrected chi connectivity index (χ4v) is 3.97. The van der Waals surface area contributed by atoms with Gasteiger partial charge in [-0.15, -0.1) is 10.2 Å². The quantitative estimate of drug-likeness (QED) is 0.469. The highest BCUT2D eigenvalue weighted by atomic mass is 32.2. The van der Waals surface area contributed by atoms with Gasteiger partial charge in [-0.05, 0) is 75.8 Å². The predicted molar refractivity (Wildman–Crippen MR) is 128 cm³/mol. The number of carbonyl (C=O) groups is 1. The molecule has 3 rings (SSSR count). The fourth-order valence-electron chi connectivity index (χ4n) is 3.10. The van der Waals surface area contributed by atoms with Gasteiger partial charge in [-0.2, -0.15) is 0 Å². The van der Waals surface area contributed by atoms with Crippen LogP contribution in [0.25, 0.3) is 5.69 Å². The van der Waals surface area contributed by atoms with Crippen LogP contribution in [-0.4, -0.2) is 44.9 Å². The van der Waals surface area contributed by atoms with Crippen LogP contribution in [0.3, 0.4) is 0 Å². The summed E-state index contributed by atoms with van der Waals surface area (Å²) in [6, 6.07) is 14.1. The Bertz CT molecular complexity index is 1050. The first-order valence-electron chi connectivity index (χ1n) is 10.6. The van der Waals surface area contributed by atoms with Crippen LogP contribution in [-0.2, 0) is 4.79 Å². The number of carbonyl (C=O) groups excluding carboxylic acids is 1. The molecule has 170 valence electrons. The molecule has 2 unspecified atom stereocenters. The zero-order valence-corrected chi connectivity index (χ0v) is 20.2. The van der Waals surface area contributed by atoms with E-state index >= 15 is 0 Å². The molecule has 0 aliphatic heterocycles. The van der Waals surface area contributed by atoms with Crippen molar-refractivity contribution in [3.05, 3.63) is 65.7 Å². The van der Waals surface area contributed by atoms with Crippen molar-refractivity contribution in [1.29, 1.82) is 0 Å². The number of rotatable bonds is 8. The Balaban J connectivity index is 1.82. The first kappa shape index (κ1) is 23.9. The monoisotopic (exact) mass is 455 g/mol. The Hall–Kier alpha value is -2.71. The standard InChI is InChI=1S/C24H30FN5OS/c1-15(2)18-7-11-20(12-8-18)26-23(31)17(4)32-24-28-27-22(16(3)29(5)6)30(24)21-13-9-19(25)10-14-21/h7-17H,1-6H3,(H,26,31). The molecule has 0 spiro atoms. The van der Waals surface area contributed by atoms with Gasteiger partial charge >= 0.3 is 0 Å². The molecular weight excluding hydrogens is 425 g/mol. The van der Waals surface area contributed by atoms with Gasteiger partial charge in [-0.3, -0.25) is 14.3 Å². The second-order valence-corrected chi connectivity index (χ2v) is 9.63. The van der Waals surface area contributed by atoms with Gasteiger partial charge in [-0.1, -0.05) is 37.7 Å². The van der Waals surface area contributed by atoms with E-state index in [0.717, 1.165) is 17.2 Å². The van der Waals surface area contributed by atoms with Crippen LogP contribution in [0.1, 0.15) is 51.0 Å². The summed E-state index contributed by atoms with van der Waals surface area (Å²) in [5.74, 6) is 0.726. The van der Waals surface area contributed by atoms with Crippen LogP contribution in [0.15, 0.2) is 53.7 Å². The molecule has 0 fully saturated rings. The van der Waals surface area contributed by atoms with Crippen LogP contribution < -0.4 is 5.32 Å². The van der Waals surface area contributed by atoms with Crippen LogP contribution in [0.4, 0.5) is 10.1 Å². The molecule has 0 saturated carbocycles. The maximum absolute atomic E-state index is 13.5. The molecule has 32 heavy (non-hydrogen) atoms. The van der Waals surface area contributed by atoms with E-state index in [1.807, 2.05) is 61.7 Å².